The number of nitrogen functional groups attached to an aromatic ring is 1. The summed E-state index contributed by atoms with van der Waals surface area (Å²) in [5.74, 6) is -0.838. The summed E-state index contributed by atoms with van der Waals surface area (Å²) in [5, 5.41) is 0. The first kappa shape index (κ1) is 13.3. The Morgan fingerprint density at radius 2 is 2.00 bits per heavy atom. The van der Waals surface area contributed by atoms with Crippen LogP contribution in [0.3, 0.4) is 0 Å². The maximum Gasteiger partial charge on any atom is 0.243 e. The number of nitrogens with one attached hydrogen (secondary N) is 1. The van der Waals surface area contributed by atoms with Crippen LogP contribution in [-0.4, -0.2) is 27.7 Å². The van der Waals surface area contributed by atoms with E-state index in [1.165, 1.54) is 12.1 Å². The summed E-state index contributed by atoms with van der Waals surface area (Å²) in [4.78, 5) is -0.372. The van der Waals surface area contributed by atoms with E-state index in [2.05, 4.69) is 4.72 Å². The second-order valence-corrected chi connectivity index (χ2v) is 5.88. The van der Waals surface area contributed by atoms with Crippen LogP contribution in [0, 0.1) is 5.82 Å². The molecule has 0 aliphatic carbocycles. The molecule has 5 nitrogen and oxygen atoms in total. The molecule has 0 spiro atoms. The fourth-order valence-corrected chi connectivity index (χ4v) is 3.20. The normalized spacial score (nSPS) is 17.8. The highest BCUT2D eigenvalue weighted by Crippen LogP contribution is 2.18. The molecule has 0 aromatic heterocycles. The monoisotopic (exact) mass is 274 g/mol. The van der Waals surface area contributed by atoms with Gasteiger partial charge in [-0.1, -0.05) is 0 Å². The minimum Gasteiger partial charge on any atom is -0.399 e. The van der Waals surface area contributed by atoms with Crippen LogP contribution in [0.25, 0.3) is 0 Å². The van der Waals surface area contributed by atoms with Crippen molar-refractivity contribution < 1.29 is 17.5 Å². The van der Waals surface area contributed by atoms with E-state index < -0.39 is 15.8 Å². The Morgan fingerprint density at radius 3 is 2.61 bits per heavy atom. The molecule has 1 heterocycles. The summed E-state index contributed by atoms with van der Waals surface area (Å²) in [6.45, 7) is 1.02. The number of hydrogen-bond acceptors (Lipinski definition) is 4. The highest BCUT2D eigenvalue weighted by Gasteiger charge is 2.24. The SMILES string of the molecule is Nc1ccc(S(=O)(=O)NC2CCOCC2)c(F)c1. The predicted molar refractivity (Wildman–Crippen MR) is 65.0 cm³/mol. The van der Waals surface area contributed by atoms with E-state index in [1.807, 2.05) is 0 Å². The van der Waals surface area contributed by atoms with Gasteiger partial charge in [-0.2, -0.15) is 0 Å². The topological polar surface area (TPSA) is 81.4 Å². The third kappa shape index (κ3) is 2.98. The smallest absolute Gasteiger partial charge is 0.243 e. The number of anilines is 1. The number of rotatable bonds is 3. The lowest BCUT2D eigenvalue weighted by molar-refractivity contribution is 0.0832. The molecule has 0 radical (unpaired) electrons. The Morgan fingerprint density at radius 1 is 1.33 bits per heavy atom. The molecule has 1 aliphatic rings. The summed E-state index contributed by atoms with van der Waals surface area (Å²) >= 11 is 0. The Labute approximate surface area is 105 Å². The second kappa shape index (κ2) is 5.21. The van der Waals surface area contributed by atoms with Crippen LogP contribution < -0.4 is 10.5 Å². The van der Waals surface area contributed by atoms with Crippen molar-refractivity contribution in [2.24, 2.45) is 0 Å². The van der Waals surface area contributed by atoms with Crippen molar-refractivity contribution in [3.05, 3.63) is 24.0 Å². The molecule has 0 atom stereocenters. The summed E-state index contributed by atoms with van der Waals surface area (Å²) in [7, 11) is -3.84. The van der Waals surface area contributed by atoms with E-state index in [-0.39, 0.29) is 16.6 Å². The number of nitrogens with two attached hydrogens (primary N) is 1. The molecule has 0 saturated carbocycles. The lowest BCUT2D eigenvalue weighted by atomic mass is 10.1. The first-order valence-corrected chi connectivity index (χ1v) is 7.12. The van der Waals surface area contributed by atoms with E-state index in [0.717, 1.165) is 6.07 Å². The molecule has 1 aromatic carbocycles. The van der Waals surface area contributed by atoms with Crippen molar-refractivity contribution in [3.63, 3.8) is 0 Å². The Balaban J connectivity index is 2.19. The average molecular weight is 274 g/mol. The second-order valence-electron chi connectivity index (χ2n) is 4.20. The Bertz CT molecular complexity index is 527. The predicted octanol–water partition coefficient (Wildman–Crippen LogP) is 0.865. The summed E-state index contributed by atoms with van der Waals surface area (Å²) < 4.78 is 45.2. The molecule has 0 amide bonds. The van der Waals surface area contributed by atoms with Gasteiger partial charge in [0, 0.05) is 24.9 Å². The van der Waals surface area contributed by atoms with E-state index in [1.54, 1.807) is 0 Å². The van der Waals surface area contributed by atoms with Gasteiger partial charge in [0.2, 0.25) is 10.0 Å². The van der Waals surface area contributed by atoms with E-state index in [9.17, 15) is 12.8 Å². The number of hydrogen-bond donors (Lipinski definition) is 2. The molecular weight excluding hydrogens is 259 g/mol. The van der Waals surface area contributed by atoms with Crippen molar-refractivity contribution in [3.8, 4) is 0 Å². The molecule has 7 heteroatoms. The van der Waals surface area contributed by atoms with Crippen molar-refractivity contribution in [2.75, 3.05) is 18.9 Å². The third-order valence-electron chi connectivity index (χ3n) is 2.79. The minimum absolute atomic E-state index is 0.192. The van der Waals surface area contributed by atoms with Gasteiger partial charge in [-0.15, -0.1) is 0 Å². The number of sulfonamides is 1. The molecular formula is C11H15FN2O3S. The van der Waals surface area contributed by atoms with Crippen LogP contribution in [0.15, 0.2) is 23.1 Å². The van der Waals surface area contributed by atoms with Gasteiger partial charge in [-0.25, -0.2) is 17.5 Å². The van der Waals surface area contributed by atoms with Crippen molar-refractivity contribution >= 4 is 15.7 Å². The zero-order chi connectivity index (χ0) is 13.2. The van der Waals surface area contributed by atoms with E-state index >= 15 is 0 Å². The fourth-order valence-electron chi connectivity index (χ4n) is 1.83. The number of ether oxygens (including phenoxy) is 1. The van der Waals surface area contributed by atoms with Crippen LogP contribution in [0.2, 0.25) is 0 Å². The van der Waals surface area contributed by atoms with Gasteiger partial charge < -0.3 is 10.5 Å². The molecule has 1 aromatic rings. The highest BCUT2D eigenvalue weighted by molar-refractivity contribution is 7.89. The summed E-state index contributed by atoms with van der Waals surface area (Å²) in [6, 6.07) is 3.33. The van der Waals surface area contributed by atoms with E-state index in [4.69, 9.17) is 10.5 Å². The molecule has 18 heavy (non-hydrogen) atoms. The van der Waals surface area contributed by atoms with Gasteiger partial charge in [0.25, 0.3) is 0 Å². The molecule has 0 unspecified atom stereocenters. The maximum absolute atomic E-state index is 13.6. The molecule has 0 bridgehead atoms. The zero-order valence-electron chi connectivity index (χ0n) is 9.73. The Hall–Kier alpha value is -1.18. The average Bonchev–Trinajstić information content (AvgIpc) is 2.29. The lowest BCUT2D eigenvalue weighted by Crippen LogP contribution is -2.39. The number of halogens is 1. The lowest BCUT2D eigenvalue weighted by Gasteiger charge is -2.23. The van der Waals surface area contributed by atoms with Crippen LogP contribution in [0.4, 0.5) is 10.1 Å². The quantitative estimate of drug-likeness (QED) is 0.801. The minimum atomic E-state index is -3.84. The van der Waals surface area contributed by atoms with Crippen LogP contribution in [0.5, 0.6) is 0 Å². The van der Waals surface area contributed by atoms with Crippen LogP contribution in [-0.2, 0) is 14.8 Å². The standard InChI is InChI=1S/C11H15FN2O3S/c12-10-7-8(13)1-2-11(10)18(15,16)14-9-3-5-17-6-4-9/h1-2,7,9,14H,3-6,13H2. The van der Waals surface area contributed by atoms with Crippen LogP contribution >= 0.6 is 0 Å². The van der Waals surface area contributed by atoms with Crippen molar-refractivity contribution in [1.29, 1.82) is 0 Å². The van der Waals surface area contributed by atoms with Gasteiger partial charge >= 0.3 is 0 Å². The highest BCUT2D eigenvalue weighted by atomic mass is 32.2. The van der Waals surface area contributed by atoms with Crippen molar-refractivity contribution in [2.45, 2.75) is 23.8 Å². The fraction of sp³-hybridized carbons (Fsp3) is 0.455. The van der Waals surface area contributed by atoms with Gasteiger partial charge in [0.05, 0.1) is 0 Å². The maximum atomic E-state index is 13.6. The first-order valence-electron chi connectivity index (χ1n) is 5.64. The molecule has 1 saturated heterocycles. The molecule has 2 rings (SSSR count). The molecule has 1 fully saturated rings. The van der Waals surface area contributed by atoms with Crippen molar-refractivity contribution in [1.82, 2.24) is 4.72 Å². The zero-order valence-corrected chi connectivity index (χ0v) is 10.5. The van der Waals surface area contributed by atoms with Gasteiger partial charge in [-0.05, 0) is 31.0 Å². The molecule has 100 valence electrons. The van der Waals surface area contributed by atoms with E-state index in [0.29, 0.717) is 26.1 Å². The largest absolute Gasteiger partial charge is 0.399 e. The molecule has 1 aliphatic heterocycles. The van der Waals surface area contributed by atoms with Gasteiger partial charge in [0.1, 0.15) is 10.7 Å². The van der Waals surface area contributed by atoms with Crippen LogP contribution in [0.1, 0.15) is 12.8 Å². The Kier molecular flexibility index (Phi) is 3.84. The number of benzene rings is 1. The first-order chi connectivity index (χ1) is 8.49. The summed E-state index contributed by atoms with van der Waals surface area (Å²) in [6.07, 6.45) is 1.19. The van der Waals surface area contributed by atoms with Gasteiger partial charge in [0.15, 0.2) is 0 Å². The summed E-state index contributed by atoms with van der Waals surface area (Å²) in [5.41, 5.74) is 5.58. The third-order valence-corrected chi connectivity index (χ3v) is 4.34. The molecule has 3 N–H and O–H groups in total. The van der Waals surface area contributed by atoms with Gasteiger partial charge in [-0.3, -0.25) is 0 Å².